The number of aliphatic hydroxyl groups excluding tert-OH is 1. The van der Waals surface area contributed by atoms with Crippen LogP contribution in [-0.2, 0) is 27.9 Å². The molecule has 2 aromatic rings. The highest BCUT2D eigenvalue weighted by Gasteiger charge is 2.56. The number of phosphoric acid groups is 1. The van der Waals surface area contributed by atoms with Crippen LogP contribution in [0, 0.1) is 11.8 Å². The van der Waals surface area contributed by atoms with Gasteiger partial charge in [-0.2, -0.15) is 14.8 Å². The minimum atomic E-state index is -4.59. The van der Waals surface area contributed by atoms with Crippen LogP contribution in [0.15, 0.2) is 41.3 Å². The van der Waals surface area contributed by atoms with Gasteiger partial charge in [-0.3, -0.25) is 9.05 Å². The van der Waals surface area contributed by atoms with Crippen LogP contribution >= 0.6 is 7.82 Å². The van der Waals surface area contributed by atoms with Crippen LogP contribution in [0.2, 0.25) is 0 Å². The van der Waals surface area contributed by atoms with Crippen molar-refractivity contribution in [2.24, 2.45) is 5.73 Å². The number of nitrogen functional groups attached to an aromatic ring is 1. The Morgan fingerprint density at radius 3 is 2.64 bits per heavy atom. The summed E-state index contributed by atoms with van der Waals surface area (Å²) >= 11 is 0. The quantitative estimate of drug-likeness (QED) is 0.205. The average Bonchev–Trinajstić information content (AvgIpc) is 3.11. The molecule has 0 saturated carbocycles. The van der Waals surface area contributed by atoms with E-state index in [0.717, 1.165) is 6.20 Å². The number of esters is 1. The number of aliphatic hydroxyl groups is 1. The molecule has 39 heavy (non-hydrogen) atoms. The molecule has 212 valence electrons. The Bertz CT molecular complexity index is 1320. The van der Waals surface area contributed by atoms with Crippen LogP contribution in [0.3, 0.4) is 0 Å². The molecule has 0 amide bonds. The van der Waals surface area contributed by atoms with Gasteiger partial charge in [-0.15, -0.1) is 0 Å². The molecule has 1 saturated heterocycles. The molecule has 0 bridgehead atoms. The predicted octanol–water partition coefficient (Wildman–Crippen LogP) is 0.710. The molecule has 1 fully saturated rings. The maximum atomic E-state index is 13.6. The van der Waals surface area contributed by atoms with E-state index in [2.05, 4.69) is 21.9 Å². The van der Waals surface area contributed by atoms with Crippen LogP contribution < -0.4 is 21.7 Å². The van der Waals surface area contributed by atoms with Gasteiger partial charge in [-0.05, 0) is 32.9 Å². The number of nitrogens with zero attached hydrogens (tertiary/aromatic N) is 3. The second kappa shape index (κ2) is 12.6. The number of phosphoric ester groups is 1. The largest absolute Gasteiger partial charge is 0.530 e. The number of benzene rings is 1. The Labute approximate surface area is 223 Å². The molecule has 0 spiro atoms. The summed E-state index contributed by atoms with van der Waals surface area (Å²) < 4.78 is 54.2. The van der Waals surface area contributed by atoms with E-state index >= 15 is 0 Å². The Morgan fingerprint density at radius 2 is 2.03 bits per heavy atom. The zero-order valence-electron chi connectivity index (χ0n) is 21.3. The van der Waals surface area contributed by atoms with Gasteiger partial charge in [0, 0.05) is 0 Å². The lowest BCUT2D eigenvalue weighted by atomic mass is 9.92. The van der Waals surface area contributed by atoms with E-state index in [-0.39, 0.29) is 11.6 Å². The molecule has 0 radical (unpaired) electrons. The topological polar surface area (TPSA) is 200 Å². The molecule has 1 aliphatic heterocycles. The van der Waals surface area contributed by atoms with Crippen molar-refractivity contribution in [1.82, 2.24) is 14.8 Å². The van der Waals surface area contributed by atoms with Crippen molar-refractivity contribution in [3.05, 3.63) is 47.0 Å². The summed E-state index contributed by atoms with van der Waals surface area (Å²) in [7, 11) is -4.59. The van der Waals surface area contributed by atoms with Crippen molar-refractivity contribution in [1.29, 1.82) is 0 Å². The molecule has 14 nitrogen and oxygen atoms in total. The zero-order valence-corrected chi connectivity index (χ0v) is 22.2. The molecular formula is C23H29FN5O9P. The smallest absolute Gasteiger partial charge is 0.461 e. The third-order valence-corrected chi connectivity index (χ3v) is 6.69. The number of para-hydroxylation sites is 1. The number of ether oxygens (including phenoxy) is 2. The molecular weight excluding hydrogens is 540 g/mol. The van der Waals surface area contributed by atoms with Crippen LogP contribution in [0.25, 0.3) is 0 Å². The van der Waals surface area contributed by atoms with Crippen LogP contribution in [0.4, 0.5) is 10.2 Å². The van der Waals surface area contributed by atoms with Crippen molar-refractivity contribution >= 4 is 19.6 Å². The van der Waals surface area contributed by atoms with Gasteiger partial charge >= 0.3 is 19.5 Å². The van der Waals surface area contributed by atoms with E-state index in [4.69, 9.17) is 34.5 Å². The number of hydrogen-bond donors (Lipinski definition) is 3. The number of halogens is 1. The van der Waals surface area contributed by atoms with Crippen LogP contribution in [0.1, 0.15) is 27.0 Å². The Morgan fingerprint density at radius 1 is 1.33 bits per heavy atom. The molecule has 3 rings (SSSR count). The van der Waals surface area contributed by atoms with Crippen molar-refractivity contribution in [2.75, 3.05) is 19.0 Å². The first-order valence-electron chi connectivity index (χ1n) is 11.7. The SMILES string of the molecule is CC(C)OC(=O)[C@H](C)OP(=O)(OC[C@H]1O[C@@H](n2ncc(N)nc2=O)[C@@](N)(C#CCF)C1O)Oc1ccccc1. The monoisotopic (exact) mass is 569 g/mol. The van der Waals surface area contributed by atoms with E-state index in [9.17, 15) is 23.7 Å². The van der Waals surface area contributed by atoms with E-state index in [1.807, 2.05) is 0 Å². The first kappa shape index (κ1) is 30.2. The number of alkyl halides is 1. The third kappa shape index (κ3) is 7.39. The van der Waals surface area contributed by atoms with E-state index < -0.39 is 68.9 Å². The van der Waals surface area contributed by atoms with Crippen molar-refractivity contribution in [3.8, 4) is 17.6 Å². The van der Waals surface area contributed by atoms with Crippen LogP contribution in [0.5, 0.6) is 5.75 Å². The number of rotatable bonds is 10. The molecule has 6 atom stereocenters. The van der Waals surface area contributed by atoms with E-state index in [1.54, 1.807) is 32.0 Å². The second-order valence-electron chi connectivity index (χ2n) is 8.63. The summed E-state index contributed by atoms with van der Waals surface area (Å²) in [5, 5.41) is 14.8. The lowest BCUT2D eigenvalue weighted by Gasteiger charge is -2.27. The summed E-state index contributed by atoms with van der Waals surface area (Å²) in [5.41, 5.74) is 8.69. The fourth-order valence-corrected chi connectivity index (χ4v) is 4.80. The van der Waals surface area contributed by atoms with Gasteiger partial charge in [0.05, 0.1) is 18.9 Å². The molecule has 2 unspecified atom stereocenters. The molecule has 1 aromatic carbocycles. The Hall–Kier alpha value is -3.38. The predicted molar refractivity (Wildman–Crippen MR) is 134 cm³/mol. The molecule has 1 aliphatic rings. The summed E-state index contributed by atoms with van der Waals surface area (Å²) in [6.45, 7) is 2.73. The van der Waals surface area contributed by atoms with Gasteiger partial charge in [-0.1, -0.05) is 30.0 Å². The fourth-order valence-electron chi connectivity index (χ4n) is 3.46. The van der Waals surface area contributed by atoms with Gasteiger partial charge in [0.2, 0.25) is 0 Å². The van der Waals surface area contributed by atoms with Crippen molar-refractivity contribution in [2.45, 2.75) is 57.0 Å². The zero-order chi connectivity index (χ0) is 28.8. The van der Waals surface area contributed by atoms with Gasteiger partial charge in [0.15, 0.2) is 17.9 Å². The minimum absolute atomic E-state index is 0.0849. The number of aromatic nitrogens is 3. The fraction of sp³-hybridized carbons (Fsp3) is 0.478. The highest BCUT2D eigenvalue weighted by atomic mass is 31.2. The van der Waals surface area contributed by atoms with Gasteiger partial charge < -0.3 is 30.6 Å². The summed E-state index contributed by atoms with van der Waals surface area (Å²) in [4.78, 5) is 28.2. The lowest BCUT2D eigenvalue weighted by molar-refractivity contribution is -0.156. The standard InChI is InChI=1S/C23H29FN5O9P/c1-14(2)35-20(31)15(3)37-39(33,38-16-8-5-4-6-9-16)34-13-17-19(30)23(26,10-7-11-24)21(36-17)29-22(32)28-18(25)12-27-29/h4-6,8-9,12,14-15,17,19,21,30H,11,13,26H2,1-3H3,(H2,25,28,32)/t15-,17+,19?,21+,23+,39?/m0/s1. The molecule has 2 heterocycles. The average molecular weight is 569 g/mol. The number of hydrogen-bond acceptors (Lipinski definition) is 13. The maximum absolute atomic E-state index is 13.6. The van der Waals surface area contributed by atoms with E-state index in [0.29, 0.717) is 4.68 Å². The van der Waals surface area contributed by atoms with Crippen LogP contribution in [-0.4, -0.2) is 69.1 Å². The summed E-state index contributed by atoms with van der Waals surface area (Å²) in [6.07, 6.45) is -5.51. The molecule has 0 aliphatic carbocycles. The third-order valence-electron chi connectivity index (χ3n) is 5.21. The maximum Gasteiger partial charge on any atom is 0.530 e. The number of anilines is 1. The minimum Gasteiger partial charge on any atom is -0.461 e. The molecule has 1 aromatic heterocycles. The number of nitrogens with two attached hydrogens (primary N) is 2. The number of carbonyl (C=O) groups is 1. The Kier molecular flexibility index (Phi) is 9.78. The van der Waals surface area contributed by atoms with Gasteiger partial charge in [0.1, 0.15) is 30.4 Å². The normalized spacial score (nSPS) is 24.8. The first-order chi connectivity index (χ1) is 18.4. The van der Waals surface area contributed by atoms with Crippen molar-refractivity contribution in [3.63, 3.8) is 0 Å². The Balaban J connectivity index is 1.88. The summed E-state index contributed by atoms with van der Waals surface area (Å²) in [5.74, 6) is 3.53. The highest BCUT2D eigenvalue weighted by Crippen LogP contribution is 2.51. The summed E-state index contributed by atoms with van der Waals surface area (Å²) in [6, 6.07) is 7.82. The first-order valence-corrected chi connectivity index (χ1v) is 13.1. The van der Waals surface area contributed by atoms with Gasteiger partial charge in [0.25, 0.3) is 0 Å². The number of carbonyl (C=O) groups excluding carboxylic acids is 1. The lowest BCUT2D eigenvalue weighted by Crippen LogP contribution is -2.55. The molecule has 16 heteroatoms. The second-order valence-corrected chi connectivity index (χ2v) is 10.2. The highest BCUT2D eigenvalue weighted by molar-refractivity contribution is 7.49. The molecule has 5 N–H and O–H groups in total. The van der Waals surface area contributed by atoms with Gasteiger partial charge in [-0.25, -0.2) is 18.5 Å². The van der Waals surface area contributed by atoms with E-state index in [1.165, 1.54) is 19.1 Å². The van der Waals surface area contributed by atoms with Crippen molar-refractivity contribution < 1.29 is 41.9 Å².